The molecule has 0 atom stereocenters. The van der Waals surface area contributed by atoms with Gasteiger partial charge in [0, 0.05) is 21.2 Å². The van der Waals surface area contributed by atoms with E-state index < -0.39 is 5.60 Å². The summed E-state index contributed by atoms with van der Waals surface area (Å²) in [5, 5.41) is 12.2. The third-order valence-corrected chi connectivity index (χ3v) is 4.85. The van der Waals surface area contributed by atoms with Crippen LogP contribution in [-0.4, -0.2) is 16.5 Å². The molecule has 0 spiro atoms. The number of hydrogen-bond donors (Lipinski definition) is 1. The van der Waals surface area contributed by atoms with Crippen molar-refractivity contribution in [3.8, 4) is 0 Å². The van der Waals surface area contributed by atoms with Crippen molar-refractivity contribution >= 4 is 33.0 Å². The Morgan fingerprint density at radius 3 is 2.69 bits per heavy atom. The molecule has 0 amide bonds. The Balaban J connectivity index is 2.01. The van der Waals surface area contributed by atoms with Gasteiger partial charge < -0.3 is 5.11 Å². The Labute approximate surface area is 108 Å². The van der Waals surface area contributed by atoms with Crippen molar-refractivity contribution in [2.45, 2.75) is 44.1 Å². The van der Waals surface area contributed by atoms with Gasteiger partial charge in [0.15, 0.2) is 5.78 Å². The molecular formula is C12H15BrO2S. The average Bonchev–Trinajstić information content (AvgIpc) is 2.65. The van der Waals surface area contributed by atoms with E-state index in [2.05, 4.69) is 15.9 Å². The van der Waals surface area contributed by atoms with Gasteiger partial charge >= 0.3 is 0 Å². The first-order valence-electron chi connectivity index (χ1n) is 5.59. The lowest BCUT2D eigenvalue weighted by molar-refractivity contribution is -0.139. The van der Waals surface area contributed by atoms with Crippen LogP contribution in [0.4, 0.5) is 0 Å². The minimum Gasteiger partial charge on any atom is -0.382 e. The predicted molar refractivity (Wildman–Crippen MR) is 68.8 cm³/mol. The number of Topliss-reactive ketones (excluding diaryl/α,β-unsaturated/α-hetero) is 1. The molecule has 1 aromatic rings. The van der Waals surface area contributed by atoms with Crippen LogP contribution in [0, 0.1) is 0 Å². The smallest absolute Gasteiger partial charge is 0.169 e. The van der Waals surface area contributed by atoms with Crippen LogP contribution in [0.2, 0.25) is 0 Å². The molecular weight excluding hydrogens is 288 g/mol. The van der Waals surface area contributed by atoms with Crippen molar-refractivity contribution in [2.75, 3.05) is 0 Å². The first-order chi connectivity index (χ1) is 7.60. The topological polar surface area (TPSA) is 37.3 Å². The standard InChI is InChI=1S/C12H15BrO2S/c13-9-6-10(16-8-9)7-11(14)12(15)4-2-1-3-5-12/h6,8,15H,1-5,7H2. The van der Waals surface area contributed by atoms with E-state index in [1.54, 1.807) is 11.3 Å². The van der Waals surface area contributed by atoms with Crippen LogP contribution < -0.4 is 0 Å². The number of halogens is 1. The quantitative estimate of drug-likeness (QED) is 0.930. The van der Waals surface area contributed by atoms with Gasteiger partial charge in [-0.1, -0.05) is 19.3 Å². The molecule has 0 saturated heterocycles. The van der Waals surface area contributed by atoms with E-state index in [0.717, 1.165) is 28.6 Å². The summed E-state index contributed by atoms with van der Waals surface area (Å²) >= 11 is 4.93. The predicted octanol–water partition coefficient (Wildman–Crippen LogP) is 3.32. The highest BCUT2D eigenvalue weighted by molar-refractivity contribution is 9.10. The third kappa shape index (κ3) is 2.73. The van der Waals surface area contributed by atoms with Crippen LogP contribution in [0.5, 0.6) is 0 Å². The summed E-state index contributed by atoms with van der Waals surface area (Å²) in [7, 11) is 0. The van der Waals surface area contributed by atoms with E-state index in [9.17, 15) is 9.90 Å². The lowest BCUT2D eigenvalue weighted by Gasteiger charge is -2.30. The average molecular weight is 303 g/mol. The molecule has 1 saturated carbocycles. The maximum absolute atomic E-state index is 12.0. The van der Waals surface area contributed by atoms with Gasteiger partial charge in [-0.05, 0) is 34.8 Å². The summed E-state index contributed by atoms with van der Waals surface area (Å²) < 4.78 is 1.01. The van der Waals surface area contributed by atoms with Crippen molar-refractivity contribution in [3.05, 3.63) is 20.8 Å². The van der Waals surface area contributed by atoms with Gasteiger partial charge in [-0.3, -0.25) is 4.79 Å². The largest absolute Gasteiger partial charge is 0.382 e. The molecule has 4 heteroatoms. The lowest BCUT2D eigenvalue weighted by atomic mass is 9.80. The fourth-order valence-electron chi connectivity index (χ4n) is 2.18. The maximum atomic E-state index is 12.0. The van der Waals surface area contributed by atoms with Crippen LogP contribution in [0.1, 0.15) is 37.0 Å². The second kappa shape index (κ2) is 4.98. The zero-order valence-electron chi connectivity index (χ0n) is 9.04. The van der Waals surface area contributed by atoms with E-state index >= 15 is 0 Å². The van der Waals surface area contributed by atoms with Crippen molar-refractivity contribution < 1.29 is 9.90 Å². The second-order valence-corrected chi connectivity index (χ2v) is 6.33. The molecule has 2 rings (SSSR count). The van der Waals surface area contributed by atoms with Crippen LogP contribution in [0.25, 0.3) is 0 Å². The molecule has 1 aliphatic rings. The molecule has 1 fully saturated rings. The van der Waals surface area contributed by atoms with Gasteiger partial charge in [0.05, 0.1) is 0 Å². The fourth-order valence-corrected chi connectivity index (χ4v) is 3.63. The number of aliphatic hydroxyl groups is 1. The molecule has 1 N–H and O–H groups in total. The Kier molecular flexibility index (Phi) is 3.82. The molecule has 1 aromatic heterocycles. The molecule has 0 aromatic carbocycles. The van der Waals surface area contributed by atoms with E-state index in [1.165, 1.54) is 0 Å². The second-order valence-electron chi connectivity index (χ2n) is 4.42. The summed E-state index contributed by atoms with van der Waals surface area (Å²) in [5.41, 5.74) is -1.05. The lowest BCUT2D eigenvalue weighted by Crippen LogP contribution is -2.41. The molecule has 0 radical (unpaired) electrons. The van der Waals surface area contributed by atoms with Gasteiger partial charge in [0.25, 0.3) is 0 Å². The van der Waals surface area contributed by atoms with Crippen LogP contribution in [0.3, 0.4) is 0 Å². The molecule has 88 valence electrons. The maximum Gasteiger partial charge on any atom is 0.169 e. The molecule has 2 nitrogen and oxygen atoms in total. The Morgan fingerprint density at radius 2 is 2.12 bits per heavy atom. The van der Waals surface area contributed by atoms with Gasteiger partial charge in [-0.2, -0.15) is 0 Å². The molecule has 16 heavy (non-hydrogen) atoms. The van der Waals surface area contributed by atoms with Crippen LogP contribution in [0.15, 0.2) is 15.9 Å². The van der Waals surface area contributed by atoms with E-state index in [0.29, 0.717) is 19.3 Å². The van der Waals surface area contributed by atoms with Crippen molar-refractivity contribution in [3.63, 3.8) is 0 Å². The molecule has 0 bridgehead atoms. The number of thiophene rings is 1. The summed E-state index contributed by atoms with van der Waals surface area (Å²) in [4.78, 5) is 13.1. The zero-order chi connectivity index (χ0) is 11.6. The van der Waals surface area contributed by atoms with Crippen LogP contribution in [-0.2, 0) is 11.2 Å². The van der Waals surface area contributed by atoms with Gasteiger partial charge in [-0.25, -0.2) is 0 Å². The highest BCUT2D eigenvalue weighted by Crippen LogP contribution is 2.31. The summed E-state index contributed by atoms with van der Waals surface area (Å²) in [6.45, 7) is 0. The zero-order valence-corrected chi connectivity index (χ0v) is 11.4. The number of carbonyl (C=O) groups is 1. The number of ketones is 1. The van der Waals surface area contributed by atoms with Crippen LogP contribution >= 0.6 is 27.3 Å². The number of rotatable bonds is 3. The third-order valence-electron chi connectivity index (χ3n) is 3.16. The summed E-state index contributed by atoms with van der Waals surface area (Å²) in [6.07, 6.45) is 4.72. The number of carbonyl (C=O) groups excluding carboxylic acids is 1. The highest BCUT2D eigenvalue weighted by Gasteiger charge is 2.36. The number of hydrogen-bond acceptors (Lipinski definition) is 3. The molecule has 1 heterocycles. The van der Waals surface area contributed by atoms with Gasteiger partial charge in [0.1, 0.15) is 5.60 Å². The first-order valence-corrected chi connectivity index (χ1v) is 7.26. The van der Waals surface area contributed by atoms with Crippen molar-refractivity contribution in [1.29, 1.82) is 0 Å². The summed E-state index contributed by atoms with van der Waals surface area (Å²) in [6, 6.07) is 1.95. The molecule has 1 aliphatic carbocycles. The van der Waals surface area contributed by atoms with Crippen molar-refractivity contribution in [2.24, 2.45) is 0 Å². The van der Waals surface area contributed by atoms with E-state index in [4.69, 9.17) is 0 Å². The Bertz CT molecular complexity index is 380. The van der Waals surface area contributed by atoms with Gasteiger partial charge in [0.2, 0.25) is 0 Å². The molecule has 0 unspecified atom stereocenters. The fraction of sp³-hybridized carbons (Fsp3) is 0.583. The normalized spacial score (nSPS) is 19.6. The Hall–Kier alpha value is -0.190. The van der Waals surface area contributed by atoms with Gasteiger partial charge in [-0.15, -0.1) is 11.3 Å². The summed E-state index contributed by atoms with van der Waals surface area (Å²) in [5.74, 6) is -0.0125. The first kappa shape index (κ1) is 12.3. The Morgan fingerprint density at radius 1 is 1.44 bits per heavy atom. The highest BCUT2D eigenvalue weighted by atomic mass is 79.9. The monoisotopic (exact) mass is 302 g/mol. The van der Waals surface area contributed by atoms with Crippen molar-refractivity contribution in [1.82, 2.24) is 0 Å². The molecule has 0 aliphatic heterocycles. The minimum absolute atomic E-state index is 0.0125. The van der Waals surface area contributed by atoms with E-state index in [-0.39, 0.29) is 5.78 Å². The minimum atomic E-state index is -1.05. The van der Waals surface area contributed by atoms with E-state index in [1.807, 2.05) is 11.4 Å². The SMILES string of the molecule is O=C(Cc1cc(Br)cs1)C1(O)CCCCC1.